The van der Waals surface area contributed by atoms with E-state index in [1.165, 1.54) is 6.21 Å². The molecule has 0 aliphatic heterocycles. The van der Waals surface area contributed by atoms with E-state index in [0.29, 0.717) is 32.5 Å². The number of ether oxygens (including phenoxy) is 1. The maximum Gasteiger partial charge on any atom is 0.281 e. The second kappa shape index (κ2) is 12.1. The Bertz CT molecular complexity index is 1410. The van der Waals surface area contributed by atoms with Gasteiger partial charge in [0.2, 0.25) is 0 Å². The van der Waals surface area contributed by atoms with Crippen molar-refractivity contribution in [3.8, 4) is 11.8 Å². The number of halogens is 2. The highest BCUT2D eigenvalue weighted by Crippen LogP contribution is 2.33. The highest BCUT2D eigenvalue weighted by atomic mass is 127. The van der Waals surface area contributed by atoms with Crippen molar-refractivity contribution in [2.45, 2.75) is 12.2 Å². The number of carbonyl (C=O) groups is 1. The topological polar surface area (TPSA) is 94.7 Å². The molecule has 0 atom stereocenters. The van der Waals surface area contributed by atoms with Crippen LogP contribution in [-0.4, -0.2) is 17.2 Å². The molecule has 4 aromatic carbocycles. The fourth-order valence-electron chi connectivity index (χ4n) is 3.73. The van der Waals surface area contributed by atoms with Crippen LogP contribution in [0.1, 0.15) is 27.8 Å². The zero-order chi connectivity index (χ0) is 26.3. The number of rotatable bonds is 8. The summed E-state index contributed by atoms with van der Waals surface area (Å²) in [5, 5.41) is 24.9. The molecule has 4 rings (SSSR count). The Morgan fingerprint density at radius 3 is 2.22 bits per heavy atom. The number of aliphatic hydroxyl groups is 1. The molecule has 37 heavy (non-hydrogen) atoms. The molecule has 0 bridgehead atoms. The normalized spacial score (nSPS) is 11.2. The summed E-state index contributed by atoms with van der Waals surface area (Å²) in [6.07, 6.45) is 1.50. The molecular weight excluding hydrogens is 645 g/mol. The van der Waals surface area contributed by atoms with Crippen LogP contribution >= 0.6 is 38.5 Å². The molecule has 6 nitrogen and oxygen atoms in total. The maximum absolute atomic E-state index is 13.2. The summed E-state index contributed by atoms with van der Waals surface area (Å²) in [7, 11) is 0. The first kappa shape index (κ1) is 26.5. The van der Waals surface area contributed by atoms with E-state index >= 15 is 0 Å². The minimum atomic E-state index is -1.91. The van der Waals surface area contributed by atoms with Gasteiger partial charge in [0.05, 0.1) is 25.9 Å². The monoisotopic (exact) mass is 665 g/mol. The van der Waals surface area contributed by atoms with Crippen LogP contribution in [0.4, 0.5) is 0 Å². The molecule has 1 amide bonds. The number of benzene rings is 4. The maximum atomic E-state index is 13.2. The Morgan fingerprint density at radius 1 is 1.03 bits per heavy atom. The van der Waals surface area contributed by atoms with Crippen LogP contribution in [0.3, 0.4) is 0 Å². The molecule has 0 aliphatic rings. The van der Waals surface area contributed by atoms with Gasteiger partial charge in [-0.15, -0.1) is 0 Å². The fraction of sp³-hybridized carbons (Fsp3) is 0.0690. The number of nitriles is 1. The van der Waals surface area contributed by atoms with Crippen LogP contribution in [0.15, 0.2) is 107 Å². The van der Waals surface area contributed by atoms with Crippen LogP contribution in [0.5, 0.6) is 5.75 Å². The highest BCUT2D eigenvalue weighted by molar-refractivity contribution is 14.1. The molecule has 184 valence electrons. The van der Waals surface area contributed by atoms with E-state index in [4.69, 9.17) is 4.74 Å². The van der Waals surface area contributed by atoms with Crippen molar-refractivity contribution in [1.82, 2.24) is 5.43 Å². The Hall–Kier alpha value is -3.52. The Labute approximate surface area is 236 Å². The smallest absolute Gasteiger partial charge is 0.281 e. The number of hydrogen-bond acceptors (Lipinski definition) is 5. The van der Waals surface area contributed by atoms with Crippen molar-refractivity contribution >= 4 is 50.6 Å². The first-order valence-corrected chi connectivity index (χ1v) is 13.1. The van der Waals surface area contributed by atoms with Crippen LogP contribution in [-0.2, 0) is 17.0 Å². The predicted molar refractivity (Wildman–Crippen MR) is 154 cm³/mol. The lowest BCUT2D eigenvalue weighted by Gasteiger charge is -2.27. The number of carbonyl (C=O) groups excluding carboxylic acids is 1. The van der Waals surface area contributed by atoms with E-state index in [1.54, 1.807) is 54.6 Å². The molecule has 4 aromatic rings. The summed E-state index contributed by atoms with van der Waals surface area (Å²) in [6, 6.07) is 30.6. The summed E-state index contributed by atoms with van der Waals surface area (Å²) < 4.78 is 7.50. The number of amides is 1. The van der Waals surface area contributed by atoms with Crippen molar-refractivity contribution < 1.29 is 14.6 Å². The van der Waals surface area contributed by atoms with Crippen LogP contribution in [0, 0.1) is 14.9 Å². The third-order valence-corrected chi connectivity index (χ3v) is 7.01. The lowest BCUT2D eigenvalue weighted by Crippen LogP contribution is -2.43. The molecular formula is C29H21BrIN3O3. The largest absolute Gasteiger partial charge is 0.487 e. The zero-order valence-corrected chi connectivity index (χ0v) is 23.2. The van der Waals surface area contributed by atoms with Gasteiger partial charge < -0.3 is 9.84 Å². The van der Waals surface area contributed by atoms with Crippen LogP contribution < -0.4 is 10.2 Å². The molecule has 0 saturated heterocycles. The average Bonchev–Trinajstić information content (AvgIpc) is 2.93. The van der Waals surface area contributed by atoms with E-state index in [2.05, 4.69) is 55.1 Å². The van der Waals surface area contributed by atoms with Crippen molar-refractivity contribution in [3.05, 3.63) is 133 Å². The summed E-state index contributed by atoms with van der Waals surface area (Å²) in [6.45, 7) is 0.249. The summed E-state index contributed by atoms with van der Waals surface area (Å²) in [4.78, 5) is 13.2. The van der Waals surface area contributed by atoms with Gasteiger partial charge in [0, 0.05) is 5.56 Å². The van der Waals surface area contributed by atoms with Gasteiger partial charge in [0.25, 0.3) is 5.91 Å². The Balaban J connectivity index is 1.50. The van der Waals surface area contributed by atoms with Gasteiger partial charge >= 0.3 is 0 Å². The molecule has 0 heterocycles. The molecule has 0 aromatic heterocycles. The number of hydrogen-bond donors (Lipinski definition) is 2. The minimum absolute atomic E-state index is 0.249. The van der Waals surface area contributed by atoms with E-state index in [0.717, 1.165) is 9.13 Å². The number of nitrogens with one attached hydrogen (secondary N) is 1. The Morgan fingerprint density at radius 2 is 1.62 bits per heavy atom. The van der Waals surface area contributed by atoms with E-state index in [-0.39, 0.29) is 6.61 Å². The first-order chi connectivity index (χ1) is 17.9. The van der Waals surface area contributed by atoms with Crippen LogP contribution in [0.25, 0.3) is 0 Å². The minimum Gasteiger partial charge on any atom is -0.487 e. The number of hydrazone groups is 1. The van der Waals surface area contributed by atoms with Gasteiger partial charge in [-0.1, -0.05) is 78.9 Å². The molecule has 0 spiro atoms. The van der Waals surface area contributed by atoms with E-state index in [1.807, 2.05) is 42.5 Å². The standard InChI is InChI=1S/C29H21BrIN3O3/c30-25-15-20(16-26(31)27(25)37-19-22-10-8-7-9-21(22)17-32)18-33-34-28(35)29(36,23-11-3-1-4-12-23)24-13-5-2-6-14-24/h1-16,18,36H,19H2,(H,34,35)/b33-18+. The molecule has 8 heteroatoms. The number of nitrogens with zero attached hydrogens (tertiary/aromatic N) is 2. The first-order valence-electron chi connectivity index (χ1n) is 11.2. The fourth-order valence-corrected chi connectivity index (χ4v) is 5.50. The third kappa shape index (κ3) is 6.07. The van der Waals surface area contributed by atoms with Crippen molar-refractivity contribution in [2.24, 2.45) is 5.10 Å². The van der Waals surface area contributed by atoms with E-state index < -0.39 is 11.5 Å². The average molecular weight is 666 g/mol. The van der Waals surface area contributed by atoms with Gasteiger partial charge in [-0.25, -0.2) is 5.43 Å². The third-order valence-electron chi connectivity index (χ3n) is 5.62. The second-order valence-corrected chi connectivity index (χ2v) is 10.0. The van der Waals surface area contributed by atoms with Crippen molar-refractivity contribution in [2.75, 3.05) is 0 Å². The summed E-state index contributed by atoms with van der Waals surface area (Å²) in [5.74, 6) is -0.0388. The Kier molecular flexibility index (Phi) is 8.71. The highest BCUT2D eigenvalue weighted by Gasteiger charge is 2.39. The van der Waals surface area contributed by atoms with Gasteiger partial charge in [0.15, 0.2) is 5.60 Å². The van der Waals surface area contributed by atoms with Gasteiger partial charge in [-0.05, 0) is 73.4 Å². The lowest BCUT2D eigenvalue weighted by atomic mass is 9.85. The molecule has 0 unspecified atom stereocenters. The quantitative estimate of drug-likeness (QED) is 0.139. The van der Waals surface area contributed by atoms with Crippen molar-refractivity contribution in [1.29, 1.82) is 5.26 Å². The summed E-state index contributed by atoms with van der Waals surface area (Å²) in [5.41, 5.74) is 3.52. The molecule has 0 saturated carbocycles. The van der Waals surface area contributed by atoms with Crippen LogP contribution in [0.2, 0.25) is 0 Å². The molecule has 2 N–H and O–H groups in total. The molecule has 0 aliphatic carbocycles. The van der Waals surface area contributed by atoms with Gasteiger partial charge in [-0.3, -0.25) is 4.79 Å². The predicted octanol–water partition coefficient (Wildman–Crippen LogP) is 5.89. The van der Waals surface area contributed by atoms with Gasteiger partial charge in [0.1, 0.15) is 12.4 Å². The summed E-state index contributed by atoms with van der Waals surface area (Å²) >= 11 is 5.69. The second-order valence-electron chi connectivity index (χ2n) is 8.01. The SMILES string of the molecule is N#Cc1ccccc1COc1c(Br)cc(/C=N/NC(=O)C(O)(c2ccccc2)c2ccccc2)cc1I. The lowest BCUT2D eigenvalue weighted by molar-refractivity contribution is -0.136. The molecule has 0 fully saturated rings. The van der Waals surface area contributed by atoms with Gasteiger partial charge in [-0.2, -0.15) is 10.4 Å². The zero-order valence-electron chi connectivity index (χ0n) is 19.4. The van der Waals surface area contributed by atoms with E-state index in [9.17, 15) is 15.2 Å². The van der Waals surface area contributed by atoms with Crippen molar-refractivity contribution in [3.63, 3.8) is 0 Å². The molecule has 0 radical (unpaired) electrons.